The molecule has 5 nitrogen and oxygen atoms in total. The van der Waals surface area contributed by atoms with Gasteiger partial charge in [-0.1, -0.05) is 35.3 Å². The minimum absolute atomic E-state index is 0.263. The van der Waals surface area contributed by atoms with Gasteiger partial charge in [-0.05, 0) is 65.6 Å². The van der Waals surface area contributed by atoms with E-state index in [4.69, 9.17) is 23.2 Å². The van der Waals surface area contributed by atoms with Crippen LogP contribution in [0.2, 0.25) is 10.0 Å². The molecule has 1 heterocycles. The molecule has 32 heavy (non-hydrogen) atoms. The lowest BCUT2D eigenvalue weighted by Gasteiger charge is -2.10. The van der Waals surface area contributed by atoms with E-state index in [-0.39, 0.29) is 18.3 Å². The zero-order valence-corrected chi connectivity index (χ0v) is 18.6. The van der Waals surface area contributed by atoms with Gasteiger partial charge in [0.05, 0.1) is 5.52 Å². The third kappa shape index (κ3) is 4.82. The summed E-state index contributed by atoms with van der Waals surface area (Å²) in [7, 11) is 1.80. The minimum Gasteiger partial charge on any atom is -0.373 e. The summed E-state index contributed by atoms with van der Waals surface area (Å²) in [6.45, 7) is 0.263. The first-order valence-corrected chi connectivity index (χ1v) is 10.7. The average Bonchev–Trinajstić information content (AvgIpc) is 2.78. The van der Waals surface area contributed by atoms with E-state index in [1.54, 1.807) is 25.2 Å². The van der Waals surface area contributed by atoms with E-state index in [0.717, 1.165) is 27.8 Å². The Morgan fingerprint density at radius 2 is 1.69 bits per heavy atom. The van der Waals surface area contributed by atoms with Crippen molar-refractivity contribution in [3.8, 4) is 11.1 Å². The normalized spacial score (nSPS) is 10.9. The van der Waals surface area contributed by atoms with E-state index >= 15 is 0 Å². The number of benzene rings is 3. The van der Waals surface area contributed by atoms with Crippen molar-refractivity contribution >= 4 is 45.8 Å². The minimum atomic E-state index is -0.325. The van der Waals surface area contributed by atoms with Crippen LogP contribution in [0.3, 0.4) is 0 Å². The first-order valence-electron chi connectivity index (χ1n) is 9.90. The monoisotopic (exact) mass is 468 g/mol. The van der Waals surface area contributed by atoms with Crippen molar-refractivity contribution in [2.24, 2.45) is 0 Å². The van der Waals surface area contributed by atoms with Gasteiger partial charge in [0, 0.05) is 34.6 Å². The number of carbonyl (C=O) groups excluding carboxylic acids is 1. The van der Waals surface area contributed by atoms with E-state index in [0.29, 0.717) is 27.6 Å². The highest BCUT2D eigenvalue weighted by Crippen LogP contribution is 2.28. The van der Waals surface area contributed by atoms with Crippen molar-refractivity contribution in [3.05, 3.63) is 87.9 Å². The lowest BCUT2D eigenvalue weighted by molar-refractivity contribution is 0.0954. The number of hydrogen-bond acceptors (Lipinski definition) is 4. The third-order valence-corrected chi connectivity index (χ3v) is 5.49. The summed E-state index contributed by atoms with van der Waals surface area (Å²) < 4.78 is 14.4. The van der Waals surface area contributed by atoms with E-state index in [9.17, 15) is 9.18 Å². The first-order chi connectivity index (χ1) is 15.4. The molecule has 0 fully saturated rings. The van der Waals surface area contributed by atoms with Gasteiger partial charge in [-0.25, -0.2) is 14.4 Å². The number of carbonyl (C=O) groups is 1. The van der Waals surface area contributed by atoms with Crippen LogP contribution in [-0.4, -0.2) is 29.5 Å². The molecule has 1 aromatic heterocycles. The summed E-state index contributed by atoms with van der Waals surface area (Å²) >= 11 is 11.9. The fourth-order valence-corrected chi connectivity index (χ4v) is 4.01. The van der Waals surface area contributed by atoms with Crippen LogP contribution in [0.15, 0.2) is 60.9 Å². The number of nitrogens with one attached hydrogen (secondary N) is 2. The van der Waals surface area contributed by atoms with E-state index in [2.05, 4.69) is 20.6 Å². The summed E-state index contributed by atoms with van der Waals surface area (Å²) in [4.78, 5) is 20.9. The van der Waals surface area contributed by atoms with Crippen LogP contribution < -0.4 is 10.6 Å². The Morgan fingerprint density at radius 3 is 2.44 bits per heavy atom. The van der Waals surface area contributed by atoms with Gasteiger partial charge in [0.25, 0.3) is 5.91 Å². The van der Waals surface area contributed by atoms with Gasteiger partial charge in [0.15, 0.2) is 0 Å². The van der Waals surface area contributed by atoms with Gasteiger partial charge in [0.2, 0.25) is 0 Å². The van der Waals surface area contributed by atoms with E-state index in [1.807, 2.05) is 18.2 Å². The Labute approximate surface area is 194 Å². The van der Waals surface area contributed by atoms with E-state index < -0.39 is 0 Å². The number of rotatable bonds is 6. The summed E-state index contributed by atoms with van der Waals surface area (Å²) in [5.74, 6) is 0.0805. The first kappa shape index (κ1) is 22.0. The molecule has 0 aliphatic heterocycles. The number of aromatic nitrogens is 2. The largest absolute Gasteiger partial charge is 0.373 e. The highest BCUT2D eigenvalue weighted by atomic mass is 35.5. The molecule has 0 saturated carbocycles. The fourth-order valence-electron chi connectivity index (χ4n) is 3.48. The molecule has 0 spiro atoms. The Kier molecular flexibility index (Phi) is 6.53. The number of anilines is 1. The SMILES string of the molecule is CNc1ncnc2ccc(-c3ccc(F)c(CCNC(=O)c4cc(Cl)cc(Cl)c4)c3)cc12. The zero-order valence-electron chi connectivity index (χ0n) is 17.1. The molecular weight excluding hydrogens is 450 g/mol. The number of halogens is 3. The quantitative estimate of drug-likeness (QED) is 0.377. The smallest absolute Gasteiger partial charge is 0.251 e. The van der Waals surface area contributed by atoms with Gasteiger partial charge < -0.3 is 10.6 Å². The van der Waals surface area contributed by atoms with Crippen LogP contribution in [0.1, 0.15) is 15.9 Å². The van der Waals surface area contributed by atoms with Crippen molar-refractivity contribution in [2.75, 3.05) is 18.9 Å². The Hall–Kier alpha value is -3.22. The predicted octanol–water partition coefficient (Wildman–Crippen LogP) is 5.76. The number of amides is 1. The topological polar surface area (TPSA) is 66.9 Å². The van der Waals surface area contributed by atoms with Crippen LogP contribution in [0.5, 0.6) is 0 Å². The lowest BCUT2D eigenvalue weighted by atomic mass is 10.00. The molecule has 4 rings (SSSR count). The van der Waals surface area contributed by atoms with Gasteiger partial charge in [-0.2, -0.15) is 0 Å². The molecule has 162 valence electrons. The molecule has 4 aromatic rings. The molecule has 0 atom stereocenters. The summed E-state index contributed by atoms with van der Waals surface area (Å²) in [5.41, 5.74) is 3.46. The Balaban J connectivity index is 1.52. The molecule has 3 aromatic carbocycles. The molecule has 1 amide bonds. The summed E-state index contributed by atoms with van der Waals surface area (Å²) in [6.07, 6.45) is 1.84. The molecule has 0 aliphatic rings. The van der Waals surface area contributed by atoms with Crippen LogP contribution in [0, 0.1) is 5.82 Å². The second-order valence-electron chi connectivity index (χ2n) is 7.17. The zero-order chi connectivity index (χ0) is 22.7. The van der Waals surface area contributed by atoms with Gasteiger partial charge in [0.1, 0.15) is 18.0 Å². The maximum absolute atomic E-state index is 14.4. The van der Waals surface area contributed by atoms with Crippen molar-refractivity contribution in [2.45, 2.75) is 6.42 Å². The molecule has 0 unspecified atom stereocenters. The second kappa shape index (κ2) is 9.51. The highest BCUT2D eigenvalue weighted by molar-refractivity contribution is 6.35. The summed E-state index contributed by atoms with van der Waals surface area (Å²) in [5, 5.41) is 7.48. The predicted molar refractivity (Wildman–Crippen MR) is 127 cm³/mol. The fraction of sp³-hybridized carbons (Fsp3) is 0.125. The molecule has 0 aliphatic carbocycles. The maximum Gasteiger partial charge on any atom is 0.251 e. The van der Waals surface area contributed by atoms with Crippen molar-refractivity contribution in [1.29, 1.82) is 0 Å². The van der Waals surface area contributed by atoms with Gasteiger partial charge in [-0.15, -0.1) is 0 Å². The molecule has 0 bridgehead atoms. The molecule has 2 N–H and O–H groups in total. The number of hydrogen-bond donors (Lipinski definition) is 2. The van der Waals surface area contributed by atoms with E-state index in [1.165, 1.54) is 24.5 Å². The van der Waals surface area contributed by atoms with Crippen LogP contribution >= 0.6 is 23.2 Å². The molecule has 0 radical (unpaired) electrons. The van der Waals surface area contributed by atoms with Crippen LogP contribution in [-0.2, 0) is 6.42 Å². The molecule has 8 heteroatoms. The van der Waals surface area contributed by atoms with Crippen molar-refractivity contribution < 1.29 is 9.18 Å². The summed E-state index contributed by atoms with van der Waals surface area (Å²) in [6, 6.07) is 15.4. The second-order valence-corrected chi connectivity index (χ2v) is 8.05. The lowest BCUT2D eigenvalue weighted by Crippen LogP contribution is -2.25. The third-order valence-electron chi connectivity index (χ3n) is 5.06. The molecular formula is C24H19Cl2FN4O. The number of fused-ring (bicyclic) bond motifs is 1. The van der Waals surface area contributed by atoms with Crippen LogP contribution in [0.25, 0.3) is 22.0 Å². The van der Waals surface area contributed by atoms with Crippen molar-refractivity contribution in [1.82, 2.24) is 15.3 Å². The average molecular weight is 469 g/mol. The Bertz CT molecular complexity index is 1290. The standard InChI is InChI=1S/C24H19Cl2FN4O/c1-28-23-20-11-15(3-5-22(20)30-13-31-23)14-2-4-21(27)16(8-14)6-7-29-24(32)17-9-18(25)12-19(26)10-17/h2-5,8-13H,6-7H2,1H3,(H,29,32)(H,28,30,31). The molecule has 0 saturated heterocycles. The highest BCUT2D eigenvalue weighted by Gasteiger charge is 2.11. The van der Waals surface area contributed by atoms with Gasteiger partial charge in [-0.3, -0.25) is 4.79 Å². The van der Waals surface area contributed by atoms with Gasteiger partial charge >= 0.3 is 0 Å². The maximum atomic E-state index is 14.4. The van der Waals surface area contributed by atoms with Crippen LogP contribution in [0.4, 0.5) is 10.2 Å². The number of nitrogens with zero attached hydrogens (tertiary/aromatic N) is 2. The Morgan fingerprint density at radius 1 is 0.969 bits per heavy atom. The van der Waals surface area contributed by atoms with Crippen molar-refractivity contribution in [3.63, 3.8) is 0 Å².